The van der Waals surface area contributed by atoms with Crippen LogP contribution >= 0.6 is 0 Å². The first-order valence-corrected chi connectivity index (χ1v) is 6.47. The smallest absolute Gasteiger partial charge is 0.131 e. The van der Waals surface area contributed by atoms with Gasteiger partial charge in [-0.1, -0.05) is 24.3 Å². The van der Waals surface area contributed by atoms with Crippen molar-refractivity contribution in [2.75, 3.05) is 0 Å². The number of rotatable bonds is 2. The lowest BCUT2D eigenvalue weighted by atomic mass is 10.2. The second kappa shape index (κ2) is 4.52. The maximum Gasteiger partial charge on any atom is 0.131 e. The van der Waals surface area contributed by atoms with E-state index in [1.165, 1.54) is 5.56 Å². The third kappa shape index (κ3) is 2.02. The number of aryl methyl sites for hydroxylation is 1. The standard InChI is InChI=1S/C16H17N3/c1-11-8-9-14-15(10-11)19(16(18-14)12(2)17)13-6-4-3-5-7-13/h3-10,12H,17H2,1-2H3/t12-/m1/s1. The Labute approximate surface area is 112 Å². The average molecular weight is 251 g/mol. The molecule has 0 unspecified atom stereocenters. The Balaban J connectivity index is 2.36. The first-order chi connectivity index (χ1) is 9.16. The van der Waals surface area contributed by atoms with Crippen molar-refractivity contribution in [2.24, 2.45) is 5.73 Å². The molecule has 0 fully saturated rings. The summed E-state index contributed by atoms with van der Waals surface area (Å²) in [6.45, 7) is 4.06. The SMILES string of the molecule is Cc1ccc2nc([C@@H](C)N)n(-c3ccccc3)c2c1. The molecule has 0 bridgehead atoms. The van der Waals surface area contributed by atoms with Crippen LogP contribution in [0.15, 0.2) is 48.5 Å². The van der Waals surface area contributed by atoms with E-state index in [9.17, 15) is 0 Å². The second-order valence-electron chi connectivity index (χ2n) is 4.92. The lowest BCUT2D eigenvalue weighted by molar-refractivity contribution is 0.727. The van der Waals surface area contributed by atoms with Gasteiger partial charge in [0.2, 0.25) is 0 Å². The molecule has 0 saturated carbocycles. The first kappa shape index (κ1) is 11.9. The summed E-state index contributed by atoms with van der Waals surface area (Å²) < 4.78 is 2.15. The van der Waals surface area contributed by atoms with Gasteiger partial charge in [0.25, 0.3) is 0 Å². The molecule has 1 aromatic heterocycles. The zero-order valence-corrected chi connectivity index (χ0v) is 11.2. The maximum absolute atomic E-state index is 6.07. The highest BCUT2D eigenvalue weighted by atomic mass is 15.1. The van der Waals surface area contributed by atoms with Gasteiger partial charge in [-0.25, -0.2) is 4.98 Å². The van der Waals surface area contributed by atoms with Crippen molar-refractivity contribution in [3.05, 3.63) is 59.9 Å². The molecule has 2 aromatic carbocycles. The largest absolute Gasteiger partial charge is 0.322 e. The molecule has 1 heterocycles. The predicted octanol–water partition coefficient (Wildman–Crippen LogP) is 3.35. The van der Waals surface area contributed by atoms with Crippen LogP contribution in [0.25, 0.3) is 16.7 Å². The fraction of sp³-hybridized carbons (Fsp3) is 0.188. The van der Waals surface area contributed by atoms with E-state index in [1.807, 2.05) is 25.1 Å². The molecule has 2 N–H and O–H groups in total. The zero-order valence-electron chi connectivity index (χ0n) is 11.2. The number of fused-ring (bicyclic) bond motifs is 1. The molecule has 96 valence electrons. The minimum absolute atomic E-state index is 0.104. The normalized spacial score (nSPS) is 12.8. The lowest BCUT2D eigenvalue weighted by Crippen LogP contribution is -2.12. The van der Waals surface area contributed by atoms with Gasteiger partial charge in [0.05, 0.1) is 17.1 Å². The molecule has 0 aliphatic heterocycles. The number of benzene rings is 2. The van der Waals surface area contributed by atoms with Crippen molar-refractivity contribution in [3.63, 3.8) is 0 Å². The van der Waals surface area contributed by atoms with Gasteiger partial charge in [0.15, 0.2) is 0 Å². The van der Waals surface area contributed by atoms with Crippen molar-refractivity contribution < 1.29 is 0 Å². The van der Waals surface area contributed by atoms with Gasteiger partial charge in [0, 0.05) is 5.69 Å². The molecule has 0 amide bonds. The molecule has 0 aliphatic carbocycles. The molecule has 3 nitrogen and oxygen atoms in total. The molecule has 3 aromatic rings. The van der Waals surface area contributed by atoms with Crippen LogP contribution < -0.4 is 5.73 Å². The van der Waals surface area contributed by atoms with Gasteiger partial charge in [0.1, 0.15) is 5.82 Å². The molecular formula is C16H17N3. The molecule has 0 saturated heterocycles. The number of hydrogen-bond acceptors (Lipinski definition) is 2. The highest BCUT2D eigenvalue weighted by Crippen LogP contribution is 2.25. The summed E-state index contributed by atoms with van der Waals surface area (Å²) in [5.41, 5.74) is 10.5. The lowest BCUT2D eigenvalue weighted by Gasteiger charge is -2.11. The predicted molar refractivity (Wildman–Crippen MR) is 78.4 cm³/mol. The van der Waals surface area contributed by atoms with Gasteiger partial charge < -0.3 is 5.73 Å². The van der Waals surface area contributed by atoms with Gasteiger partial charge in [-0.2, -0.15) is 0 Å². The average Bonchev–Trinajstić information content (AvgIpc) is 2.78. The van der Waals surface area contributed by atoms with Crippen LogP contribution in [0, 0.1) is 6.92 Å². The van der Waals surface area contributed by atoms with E-state index in [4.69, 9.17) is 5.73 Å². The summed E-state index contributed by atoms with van der Waals surface area (Å²) in [4.78, 5) is 4.67. The van der Waals surface area contributed by atoms with Crippen LogP contribution in [0.4, 0.5) is 0 Å². The number of aromatic nitrogens is 2. The third-order valence-corrected chi connectivity index (χ3v) is 3.26. The quantitative estimate of drug-likeness (QED) is 0.759. The molecular weight excluding hydrogens is 234 g/mol. The van der Waals surface area contributed by atoms with Crippen molar-refractivity contribution in [2.45, 2.75) is 19.9 Å². The summed E-state index contributed by atoms with van der Waals surface area (Å²) in [5, 5.41) is 0. The fourth-order valence-electron chi connectivity index (χ4n) is 2.36. The Morgan fingerprint density at radius 1 is 1.11 bits per heavy atom. The number of para-hydroxylation sites is 1. The Morgan fingerprint density at radius 2 is 1.84 bits per heavy atom. The minimum Gasteiger partial charge on any atom is -0.322 e. The summed E-state index contributed by atoms with van der Waals surface area (Å²) in [5.74, 6) is 0.895. The van der Waals surface area contributed by atoms with Gasteiger partial charge in [-0.05, 0) is 43.7 Å². The van der Waals surface area contributed by atoms with Crippen LogP contribution in [0.2, 0.25) is 0 Å². The van der Waals surface area contributed by atoms with Gasteiger partial charge in [-0.3, -0.25) is 4.57 Å². The Hall–Kier alpha value is -2.13. The fourth-order valence-corrected chi connectivity index (χ4v) is 2.36. The van der Waals surface area contributed by atoms with Crippen molar-refractivity contribution in [3.8, 4) is 5.69 Å². The van der Waals surface area contributed by atoms with Crippen LogP contribution in [-0.2, 0) is 0 Å². The molecule has 19 heavy (non-hydrogen) atoms. The van der Waals surface area contributed by atoms with E-state index in [0.717, 1.165) is 22.5 Å². The number of imidazole rings is 1. The summed E-state index contributed by atoms with van der Waals surface area (Å²) in [6, 6.07) is 16.4. The first-order valence-electron chi connectivity index (χ1n) is 6.47. The summed E-state index contributed by atoms with van der Waals surface area (Å²) in [7, 11) is 0. The van der Waals surface area contributed by atoms with Gasteiger partial charge in [-0.15, -0.1) is 0 Å². The summed E-state index contributed by atoms with van der Waals surface area (Å²) >= 11 is 0. The van der Waals surface area contributed by atoms with E-state index < -0.39 is 0 Å². The second-order valence-corrected chi connectivity index (χ2v) is 4.92. The Bertz CT molecular complexity index is 711. The molecule has 1 atom stereocenters. The number of nitrogens with zero attached hydrogens (tertiary/aromatic N) is 2. The van der Waals surface area contributed by atoms with E-state index in [0.29, 0.717) is 0 Å². The van der Waals surface area contributed by atoms with Crippen molar-refractivity contribution >= 4 is 11.0 Å². The highest BCUT2D eigenvalue weighted by Gasteiger charge is 2.15. The number of hydrogen-bond donors (Lipinski definition) is 1. The van der Waals surface area contributed by atoms with Crippen LogP contribution in [0.1, 0.15) is 24.4 Å². The van der Waals surface area contributed by atoms with E-state index in [1.54, 1.807) is 0 Å². The third-order valence-electron chi connectivity index (χ3n) is 3.26. The zero-order chi connectivity index (χ0) is 13.4. The van der Waals surface area contributed by atoms with E-state index in [2.05, 4.69) is 46.8 Å². The monoisotopic (exact) mass is 251 g/mol. The summed E-state index contributed by atoms with van der Waals surface area (Å²) in [6.07, 6.45) is 0. The molecule has 0 spiro atoms. The maximum atomic E-state index is 6.07. The molecule has 0 aliphatic rings. The van der Waals surface area contributed by atoms with Crippen LogP contribution in [0.5, 0.6) is 0 Å². The van der Waals surface area contributed by atoms with Crippen LogP contribution in [-0.4, -0.2) is 9.55 Å². The molecule has 3 rings (SSSR count). The molecule has 0 radical (unpaired) electrons. The van der Waals surface area contributed by atoms with Crippen molar-refractivity contribution in [1.82, 2.24) is 9.55 Å². The topological polar surface area (TPSA) is 43.8 Å². The van der Waals surface area contributed by atoms with Gasteiger partial charge >= 0.3 is 0 Å². The molecule has 3 heteroatoms. The highest BCUT2D eigenvalue weighted by molar-refractivity contribution is 5.79. The van der Waals surface area contributed by atoms with E-state index in [-0.39, 0.29) is 6.04 Å². The Kier molecular flexibility index (Phi) is 2.84. The Morgan fingerprint density at radius 3 is 2.53 bits per heavy atom. The number of nitrogens with two attached hydrogens (primary N) is 1. The minimum atomic E-state index is -0.104. The van der Waals surface area contributed by atoms with Crippen LogP contribution in [0.3, 0.4) is 0 Å². The van der Waals surface area contributed by atoms with Crippen molar-refractivity contribution in [1.29, 1.82) is 0 Å². The van der Waals surface area contributed by atoms with E-state index >= 15 is 0 Å².